The smallest absolute Gasteiger partial charge is 0.257 e. The Morgan fingerprint density at radius 1 is 1.35 bits per heavy atom. The largest absolute Gasteiger partial charge is 0.345 e. The molecule has 88 valence electrons. The SMILES string of the molecule is Cc1[nH]nc(-c2ccccn2)c1C(=O)N(C)C. The molecule has 0 fully saturated rings. The fraction of sp³-hybridized carbons (Fsp3) is 0.250. The molecule has 0 saturated heterocycles. The molecule has 2 heterocycles. The Labute approximate surface area is 99.5 Å². The van der Waals surface area contributed by atoms with Crippen LogP contribution in [0.1, 0.15) is 16.1 Å². The molecule has 0 bridgehead atoms. The zero-order valence-electron chi connectivity index (χ0n) is 10.1. The number of aromatic amines is 1. The highest BCUT2D eigenvalue weighted by Gasteiger charge is 2.21. The summed E-state index contributed by atoms with van der Waals surface area (Å²) in [7, 11) is 3.44. The van der Waals surface area contributed by atoms with E-state index < -0.39 is 0 Å². The number of rotatable bonds is 2. The molecule has 1 N–H and O–H groups in total. The second-order valence-electron chi connectivity index (χ2n) is 3.99. The van der Waals surface area contributed by atoms with Crippen LogP contribution in [0.5, 0.6) is 0 Å². The van der Waals surface area contributed by atoms with Crippen molar-refractivity contribution in [1.82, 2.24) is 20.1 Å². The van der Waals surface area contributed by atoms with Gasteiger partial charge in [-0.2, -0.15) is 5.10 Å². The van der Waals surface area contributed by atoms with E-state index in [9.17, 15) is 4.79 Å². The fourth-order valence-corrected chi connectivity index (χ4v) is 1.60. The van der Waals surface area contributed by atoms with E-state index in [1.54, 1.807) is 20.3 Å². The number of H-pyrrole nitrogens is 1. The number of hydrogen-bond donors (Lipinski definition) is 1. The average molecular weight is 230 g/mol. The molecule has 0 aliphatic heterocycles. The van der Waals surface area contributed by atoms with Crippen LogP contribution >= 0.6 is 0 Å². The lowest BCUT2D eigenvalue weighted by atomic mass is 10.1. The number of hydrogen-bond acceptors (Lipinski definition) is 3. The van der Waals surface area contributed by atoms with Crippen molar-refractivity contribution in [2.24, 2.45) is 0 Å². The predicted molar refractivity (Wildman–Crippen MR) is 64.6 cm³/mol. The number of nitrogens with one attached hydrogen (secondary N) is 1. The zero-order chi connectivity index (χ0) is 12.4. The first kappa shape index (κ1) is 11.3. The molecule has 5 nitrogen and oxygen atoms in total. The van der Waals surface area contributed by atoms with Gasteiger partial charge in [0.1, 0.15) is 5.69 Å². The van der Waals surface area contributed by atoms with E-state index in [4.69, 9.17) is 0 Å². The number of carbonyl (C=O) groups is 1. The molecule has 0 saturated carbocycles. The number of aromatic nitrogens is 3. The fourth-order valence-electron chi connectivity index (χ4n) is 1.60. The van der Waals surface area contributed by atoms with Crippen LogP contribution in [0.15, 0.2) is 24.4 Å². The highest BCUT2D eigenvalue weighted by Crippen LogP contribution is 2.22. The summed E-state index contributed by atoms with van der Waals surface area (Å²) in [5.41, 5.74) is 2.63. The number of carbonyl (C=O) groups excluding carboxylic acids is 1. The topological polar surface area (TPSA) is 61.9 Å². The van der Waals surface area contributed by atoms with Crippen LogP contribution in [-0.4, -0.2) is 40.1 Å². The standard InChI is InChI=1S/C12H14N4O/c1-8-10(12(17)16(2)3)11(15-14-8)9-6-4-5-7-13-9/h4-7H,1-3H3,(H,14,15). The summed E-state index contributed by atoms with van der Waals surface area (Å²) in [6, 6.07) is 5.54. The van der Waals surface area contributed by atoms with Gasteiger partial charge in [0.15, 0.2) is 0 Å². The summed E-state index contributed by atoms with van der Waals surface area (Å²) in [4.78, 5) is 17.8. The Balaban J connectivity index is 2.54. The summed E-state index contributed by atoms with van der Waals surface area (Å²) >= 11 is 0. The maximum atomic E-state index is 12.1. The summed E-state index contributed by atoms with van der Waals surface area (Å²) in [5.74, 6) is -0.0723. The van der Waals surface area contributed by atoms with Gasteiger partial charge in [0.2, 0.25) is 0 Å². The average Bonchev–Trinajstić information content (AvgIpc) is 2.71. The Bertz CT molecular complexity index is 531. The quantitative estimate of drug-likeness (QED) is 0.850. The lowest BCUT2D eigenvalue weighted by molar-refractivity contribution is 0.0827. The highest BCUT2D eigenvalue weighted by atomic mass is 16.2. The minimum atomic E-state index is -0.0723. The van der Waals surface area contributed by atoms with Crippen molar-refractivity contribution in [3.05, 3.63) is 35.7 Å². The van der Waals surface area contributed by atoms with Gasteiger partial charge in [-0.3, -0.25) is 14.9 Å². The molecule has 5 heteroatoms. The van der Waals surface area contributed by atoms with E-state index in [0.29, 0.717) is 17.0 Å². The van der Waals surface area contributed by atoms with Crippen molar-refractivity contribution >= 4 is 5.91 Å². The molecule has 0 aliphatic carbocycles. The monoisotopic (exact) mass is 230 g/mol. The van der Waals surface area contributed by atoms with Gasteiger partial charge >= 0.3 is 0 Å². The number of nitrogens with zero attached hydrogens (tertiary/aromatic N) is 3. The molecule has 0 atom stereocenters. The predicted octanol–water partition coefficient (Wildman–Crippen LogP) is 1.48. The molecule has 2 rings (SSSR count). The number of aryl methyl sites for hydroxylation is 1. The third kappa shape index (κ3) is 2.04. The second kappa shape index (κ2) is 4.37. The van der Waals surface area contributed by atoms with Crippen molar-refractivity contribution < 1.29 is 4.79 Å². The molecule has 0 unspecified atom stereocenters. The third-order valence-corrected chi connectivity index (χ3v) is 2.47. The van der Waals surface area contributed by atoms with Gasteiger partial charge in [-0.15, -0.1) is 0 Å². The normalized spacial score (nSPS) is 10.3. The zero-order valence-corrected chi connectivity index (χ0v) is 10.1. The van der Waals surface area contributed by atoms with Gasteiger partial charge in [-0.25, -0.2) is 0 Å². The van der Waals surface area contributed by atoms with Crippen molar-refractivity contribution in [1.29, 1.82) is 0 Å². The molecule has 2 aromatic rings. The number of pyridine rings is 1. The van der Waals surface area contributed by atoms with Crippen LogP contribution in [-0.2, 0) is 0 Å². The molecular weight excluding hydrogens is 216 g/mol. The molecule has 1 amide bonds. The molecular formula is C12H14N4O. The first-order chi connectivity index (χ1) is 8.11. The van der Waals surface area contributed by atoms with Gasteiger partial charge in [0.25, 0.3) is 5.91 Å². The Morgan fingerprint density at radius 2 is 2.12 bits per heavy atom. The molecule has 2 aromatic heterocycles. The molecule has 0 aromatic carbocycles. The summed E-state index contributed by atoms with van der Waals surface area (Å²) in [5, 5.41) is 6.99. The van der Waals surface area contributed by atoms with Crippen molar-refractivity contribution in [3.8, 4) is 11.4 Å². The van der Waals surface area contributed by atoms with E-state index in [-0.39, 0.29) is 5.91 Å². The van der Waals surface area contributed by atoms with E-state index in [0.717, 1.165) is 5.69 Å². The van der Waals surface area contributed by atoms with Crippen LogP contribution in [0.3, 0.4) is 0 Å². The first-order valence-corrected chi connectivity index (χ1v) is 5.29. The highest BCUT2D eigenvalue weighted by molar-refractivity contribution is 6.00. The van der Waals surface area contributed by atoms with Gasteiger partial charge in [-0.1, -0.05) is 6.07 Å². The van der Waals surface area contributed by atoms with Gasteiger partial charge < -0.3 is 4.90 Å². The van der Waals surface area contributed by atoms with Gasteiger partial charge in [0.05, 0.1) is 11.3 Å². The summed E-state index contributed by atoms with van der Waals surface area (Å²) in [6.45, 7) is 1.83. The lowest BCUT2D eigenvalue weighted by Crippen LogP contribution is -2.22. The van der Waals surface area contributed by atoms with Gasteiger partial charge in [-0.05, 0) is 19.1 Å². The molecule has 0 spiro atoms. The Morgan fingerprint density at radius 3 is 2.71 bits per heavy atom. The van der Waals surface area contributed by atoms with Crippen LogP contribution < -0.4 is 0 Å². The van der Waals surface area contributed by atoms with E-state index >= 15 is 0 Å². The maximum Gasteiger partial charge on any atom is 0.257 e. The molecule has 0 radical (unpaired) electrons. The van der Waals surface area contributed by atoms with E-state index in [1.165, 1.54) is 4.90 Å². The lowest BCUT2D eigenvalue weighted by Gasteiger charge is -2.10. The van der Waals surface area contributed by atoms with Crippen LogP contribution in [0.4, 0.5) is 0 Å². The van der Waals surface area contributed by atoms with Crippen LogP contribution in [0, 0.1) is 6.92 Å². The van der Waals surface area contributed by atoms with Gasteiger partial charge in [0, 0.05) is 26.0 Å². The molecule has 0 aliphatic rings. The third-order valence-electron chi connectivity index (χ3n) is 2.47. The van der Waals surface area contributed by atoms with E-state index in [2.05, 4.69) is 15.2 Å². The van der Waals surface area contributed by atoms with Crippen LogP contribution in [0.2, 0.25) is 0 Å². The maximum absolute atomic E-state index is 12.1. The first-order valence-electron chi connectivity index (χ1n) is 5.29. The minimum Gasteiger partial charge on any atom is -0.345 e. The Hall–Kier alpha value is -2.17. The Kier molecular flexibility index (Phi) is 2.91. The van der Waals surface area contributed by atoms with Crippen molar-refractivity contribution in [3.63, 3.8) is 0 Å². The van der Waals surface area contributed by atoms with E-state index in [1.807, 2.05) is 25.1 Å². The molecule has 17 heavy (non-hydrogen) atoms. The number of amides is 1. The van der Waals surface area contributed by atoms with Crippen molar-refractivity contribution in [2.75, 3.05) is 14.1 Å². The van der Waals surface area contributed by atoms with Crippen LogP contribution in [0.25, 0.3) is 11.4 Å². The summed E-state index contributed by atoms with van der Waals surface area (Å²) < 4.78 is 0. The minimum absolute atomic E-state index is 0.0723. The van der Waals surface area contributed by atoms with Crippen molar-refractivity contribution in [2.45, 2.75) is 6.92 Å². The summed E-state index contributed by atoms with van der Waals surface area (Å²) in [6.07, 6.45) is 1.68. The second-order valence-corrected chi connectivity index (χ2v) is 3.99.